The molecule has 200 valence electrons. The maximum absolute atomic E-state index is 14.2. The van der Waals surface area contributed by atoms with Gasteiger partial charge in [0.05, 0.1) is 23.7 Å². The molecule has 3 aromatic rings. The van der Waals surface area contributed by atoms with Gasteiger partial charge >= 0.3 is 0 Å². The number of carbonyl (C=O) groups is 2. The van der Waals surface area contributed by atoms with Crippen LogP contribution in [0.5, 0.6) is 0 Å². The fraction of sp³-hybridized carbons (Fsp3) is 0.444. The van der Waals surface area contributed by atoms with Crippen LogP contribution in [0.2, 0.25) is 0 Å². The highest BCUT2D eigenvalue weighted by Gasteiger charge is 2.38. The molecule has 11 heteroatoms. The van der Waals surface area contributed by atoms with Gasteiger partial charge in [-0.05, 0) is 37.5 Å². The normalized spacial score (nSPS) is 20.7. The number of hydrogen-bond donors (Lipinski definition) is 2. The van der Waals surface area contributed by atoms with Crippen LogP contribution in [0.4, 0.5) is 8.78 Å². The quantitative estimate of drug-likeness (QED) is 0.487. The molecule has 1 saturated heterocycles. The molecule has 9 nitrogen and oxygen atoms in total. The minimum atomic E-state index is -0.816. The van der Waals surface area contributed by atoms with Crippen molar-refractivity contribution in [1.29, 1.82) is 0 Å². The summed E-state index contributed by atoms with van der Waals surface area (Å²) in [7, 11) is 0. The Morgan fingerprint density at radius 3 is 2.68 bits per heavy atom. The van der Waals surface area contributed by atoms with Crippen molar-refractivity contribution in [3.8, 4) is 11.3 Å². The zero-order valence-electron chi connectivity index (χ0n) is 20.9. The molecule has 2 fully saturated rings. The van der Waals surface area contributed by atoms with E-state index < -0.39 is 29.5 Å². The van der Waals surface area contributed by atoms with E-state index in [1.165, 1.54) is 37.7 Å². The molecule has 0 radical (unpaired) electrons. The van der Waals surface area contributed by atoms with Crippen molar-refractivity contribution in [3.05, 3.63) is 65.9 Å². The summed E-state index contributed by atoms with van der Waals surface area (Å²) in [5.41, 5.74) is 0.649. The molecule has 38 heavy (non-hydrogen) atoms. The summed E-state index contributed by atoms with van der Waals surface area (Å²) in [6.07, 6.45) is 9.51. The standard InChI is InChI=1S/C27H30F2N6O3/c28-17-6-7-20(22(29)12-17)25-13-24(34-38-25)27(37)33-23-9-11-35(19-4-2-1-3-5-19)15-21(23)26(36)31-14-18-8-10-30-16-32-18/h6-8,10,12-13,16,19,21,23H,1-5,9,11,14-15H2,(H,31,36)(H,33,37)/t21-,23-/m1/s1. The molecule has 2 atom stereocenters. The number of nitrogens with zero attached hydrogens (tertiary/aromatic N) is 4. The molecule has 2 amide bonds. The number of likely N-dealkylation sites (tertiary alicyclic amines) is 1. The Hall–Kier alpha value is -3.73. The average Bonchev–Trinajstić information content (AvgIpc) is 3.43. The second-order valence-electron chi connectivity index (χ2n) is 9.88. The molecule has 1 aliphatic carbocycles. The molecule has 2 aromatic heterocycles. The Morgan fingerprint density at radius 2 is 1.92 bits per heavy atom. The van der Waals surface area contributed by atoms with Crippen LogP contribution in [0.15, 0.2) is 47.4 Å². The third-order valence-corrected chi connectivity index (χ3v) is 7.41. The first-order chi connectivity index (χ1) is 18.5. The lowest BCUT2D eigenvalue weighted by molar-refractivity contribution is -0.128. The van der Waals surface area contributed by atoms with Gasteiger partial charge in [0.1, 0.15) is 18.0 Å². The van der Waals surface area contributed by atoms with Gasteiger partial charge in [-0.25, -0.2) is 18.7 Å². The van der Waals surface area contributed by atoms with Gasteiger partial charge in [-0.3, -0.25) is 14.5 Å². The van der Waals surface area contributed by atoms with Crippen molar-refractivity contribution in [2.45, 2.75) is 57.2 Å². The number of hydrogen-bond acceptors (Lipinski definition) is 7. The minimum Gasteiger partial charge on any atom is -0.355 e. The van der Waals surface area contributed by atoms with Gasteiger partial charge in [0, 0.05) is 43.5 Å². The van der Waals surface area contributed by atoms with E-state index in [-0.39, 0.29) is 29.5 Å². The third kappa shape index (κ3) is 6.04. The second-order valence-corrected chi connectivity index (χ2v) is 9.88. The highest BCUT2D eigenvalue weighted by Crippen LogP contribution is 2.28. The maximum Gasteiger partial charge on any atom is 0.273 e. The van der Waals surface area contributed by atoms with E-state index in [1.807, 2.05) is 0 Å². The summed E-state index contributed by atoms with van der Waals surface area (Å²) in [6.45, 7) is 1.57. The predicted octanol–water partition coefficient (Wildman–Crippen LogP) is 3.48. The van der Waals surface area contributed by atoms with Crippen molar-refractivity contribution in [3.63, 3.8) is 0 Å². The summed E-state index contributed by atoms with van der Waals surface area (Å²) in [5.74, 6) is -2.68. The first-order valence-electron chi connectivity index (χ1n) is 13.0. The lowest BCUT2D eigenvalue weighted by atomic mass is 9.87. The molecular formula is C27H30F2N6O3. The van der Waals surface area contributed by atoms with E-state index >= 15 is 0 Å². The summed E-state index contributed by atoms with van der Waals surface area (Å²) < 4.78 is 32.6. The van der Waals surface area contributed by atoms with Gasteiger partial charge in [-0.2, -0.15) is 0 Å². The lowest BCUT2D eigenvalue weighted by Gasteiger charge is -2.43. The largest absolute Gasteiger partial charge is 0.355 e. The summed E-state index contributed by atoms with van der Waals surface area (Å²) >= 11 is 0. The summed E-state index contributed by atoms with van der Waals surface area (Å²) in [4.78, 5) is 36.9. The van der Waals surface area contributed by atoms with Gasteiger partial charge < -0.3 is 15.2 Å². The van der Waals surface area contributed by atoms with Crippen LogP contribution in [-0.2, 0) is 11.3 Å². The summed E-state index contributed by atoms with van der Waals surface area (Å²) in [6, 6.07) is 6.14. The second kappa shape index (κ2) is 11.8. The van der Waals surface area contributed by atoms with E-state index in [4.69, 9.17) is 4.52 Å². The van der Waals surface area contributed by atoms with Crippen molar-refractivity contribution in [1.82, 2.24) is 30.7 Å². The highest BCUT2D eigenvalue weighted by molar-refractivity contribution is 5.94. The number of piperidine rings is 1. The van der Waals surface area contributed by atoms with Crippen molar-refractivity contribution in [2.75, 3.05) is 13.1 Å². The molecule has 1 aromatic carbocycles. The van der Waals surface area contributed by atoms with Crippen LogP contribution in [0.25, 0.3) is 11.3 Å². The SMILES string of the molecule is O=C(N[C@@H]1CCN(C2CCCCC2)C[C@H]1C(=O)NCc1ccncn1)c1cc(-c2ccc(F)cc2F)on1. The molecule has 5 rings (SSSR count). The zero-order valence-corrected chi connectivity index (χ0v) is 20.9. The smallest absolute Gasteiger partial charge is 0.273 e. The Kier molecular flexibility index (Phi) is 8.02. The maximum atomic E-state index is 14.2. The molecule has 0 spiro atoms. The van der Waals surface area contributed by atoms with E-state index in [0.717, 1.165) is 31.5 Å². The molecule has 2 N–H and O–H groups in total. The van der Waals surface area contributed by atoms with Crippen molar-refractivity contribution < 1.29 is 22.9 Å². The van der Waals surface area contributed by atoms with Gasteiger partial charge in [0.2, 0.25) is 5.91 Å². The Bertz CT molecular complexity index is 1260. The Labute approximate surface area is 219 Å². The van der Waals surface area contributed by atoms with E-state index in [2.05, 4.69) is 30.7 Å². The topological polar surface area (TPSA) is 113 Å². The molecule has 0 bridgehead atoms. The van der Waals surface area contributed by atoms with Gasteiger partial charge in [0.15, 0.2) is 11.5 Å². The molecule has 1 saturated carbocycles. The average molecular weight is 525 g/mol. The monoisotopic (exact) mass is 524 g/mol. The number of carbonyl (C=O) groups excluding carboxylic acids is 2. The van der Waals surface area contributed by atoms with Crippen molar-refractivity contribution in [2.24, 2.45) is 5.92 Å². The van der Waals surface area contributed by atoms with Crippen LogP contribution in [0, 0.1) is 17.6 Å². The molecular weight excluding hydrogens is 494 g/mol. The van der Waals surface area contributed by atoms with Crippen molar-refractivity contribution >= 4 is 11.8 Å². The lowest BCUT2D eigenvalue weighted by Crippen LogP contribution is -2.57. The number of amides is 2. The zero-order chi connectivity index (χ0) is 26.5. The van der Waals surface area contributed by atoms with E-state index in [1.54, 1.807) is 12.3 Å². The fourth-order valence-corrected chi connectivity index (χ4v) is 5.37. The molecule has 3 heterocycles. The van der Waals surface area contributed by atoms with Crippen LogP contribution >= 0.6 is 0 Å². The highest BCUT2D eigenvalue weighted by atomic mass is 19.1. The molecule has 0 unspecified atom stereocenters. The molecule has 1 aliphatic heterocycles. The minimum absolute atomic E-state index is 0.000663. The van der Waals surface area contributed by atoms with Gasteiger partial charge in [-0.1, -0.05) is 24.4 Å². The van der Waals surface area contributed by atoms with Gasteiger partial charge in [0.25, 0.3) is 5.91 Å². The van der Waals surface area contributed by atoms with E-state index in [0.29, 0.717) is 24.7 Å². The number of rotatable bonds is 7. The van der Waals surface area contributed by atoms with Crippen LogP contribution in [0.1, 0.15) is 54.7 Å². The van der Waals surface area contributed by atoms with E-state index in [9.17, 15) is 18.4 Å². The first kappa shape index (κ1) is 25.9. The third-order valence-electron chi connectivity index (χ3n) is 7.41. The van der Waals surface area contributed by atoms with Crippen LogP contribution in [0.3, 0.4) is 0 Å². The summed E-state index contributed by atoms with van der Waals surface area (Å²) in [5, 5.41) is 9.69. The number of benzene rings is 1. The Morgan fingerprint density at radius 1 is 1.08 bits per heavy atom. The number of nitrogens with one attached hydrogen (secondary N) is 2. The number of halogens is 2. The Balaban J connectivity index is 1.29. The first-order valence-corrected chi connectivity index (χ1v) is 13.0. The number of aromatic nitrogens is 3. The van der Waals surface area contributed by atoms with Crippen LogP contribution in [-0.4, -0.2) is 57.0 Å². The van der Waals surface area contributed by atoms with Gasteiger partial charge in [-0.15, -0.1) is 0 Å². The van der Waals surface area contributed by atoms with Crippen LogP contribution < -0.4 is 10.6 Å². The fourth-order valence-electron chi connectivity index (χ4n) is 5.37. The molecule has 2 aliphatic rings. The predicted molar refractivity (Wildman–Crippen MR) is 134 cm³/mol.